The lowest BCUT2D eigenvalue weighted by Crippen LogP contribution is -2.21. The third kappa shape index (κ3) is 3.49. The number of hydrogen-bond acceptors (Lipinski definition) is 4. The van der Waals surface area contributed by atoms with Gasteiger partial charge in [-0.15, -0.1) is 0 Å². The van der Waals surface area contributed by atoms with Crippen molar-refractivity contribution in [1.82, 2.24) is 19.7 Å². The van der Waals surface area contributed by atoms with Crippen LogP contribution in [0.4, 0.5) is 23.5 Å². The molecule has 1 unspecified atom stereocenters. The predicted octanol–water partition coefficient (Wildman–Crippen LogP) is 3.82. The second-order valence-electron chi connectivity index (χ2n) is 6.05. The van der Waals surface area contributed by atoms with Gasteiger partial charge in [-0.25, -0.2) is 27.2 Å². The number of halogens is 4. The lowest BCUT2D eigenvalue weighted by atomic mass is 10.2. The van der Waals surface area contributed by atoms with Crippen molar-refractivity contribution < 1.29 is 17.6 Å². The second-order valence-corrected chi connectivity index (χ2v) is 6.05. The molecule has 1 fully saturated rings. The highest BCUT2D eigenvalue weighted by Gasteiger charge is 2.39. The quantitative estimate of drug-likeness (QED) is 0.858. The molecular weight excluding hydrogens is 326 g/mol. The van der Waals surface area contributed by atoms with E-state index in [0.29, 0.717) is 0 Å². The van der Waals surface area contributed by atoms with E-state index in [1.165, 1.54) is 4.68 Å². The maximum Gasteiger partial charge on any atom is 0.280 e. The number of anilines is 1. The largest absolute Gasteiger partial charge is 0.351 e. The van der Waals surface area contributed by atoms with Crippen LogP contribution in [0.5, 0.6) is 0 Å². The van der Waals surface area contributed by atoms with E-state index in [0.717, 1.165) is 17.5 Å². The molecule has 0 aromatic carbocycles. The Balaban J connectivity index is 1.93. The number of nitrogens with one attached hydrogen (secondary N) is 1. The zero-order chi connectivity index (χ0) is 17.5. The van der Waals surface area contributed by atoms with Crippen LogP contribution < -0.4 is 5.32 Å². The molecule has 24 heavy (non-hydrogen) atoms. The molecule has 0 bridgehead atoms. The average molecular weight is 343 g/mol. The normalized spacial score (nSPS) is 19.9. The molecule has 0 radical (unpaired) electrons. The fourth-order valence-corrected chi connectivity index (χ4v) is 2.85. The van der Waals surface area contributed by atoms with Gasteiger partial charge in [-0.1, -0.05) is 0 Å². The van der Waals surface area contributed by atoms with Gasteiger partial charge in [0, 0.05) is 30.6 Å². The summed E-state index contributed by atoms with van der Waals surface area (Å²) in [4.78, 5) is 7.92. The van der Waals surface area contributed by atoms with Crippen LogP contribution in [0.25, 0.3) is 5.82 Å². The number of nitrogens with zero attached hydrogens (tertiary/aromatic N) is 4. The third-order valence-electron chi connectivity index (χ3n) is 3.92. The standard InChI is InChI=1S/C15H17F4N5/c1-8-5-9(2)24(23-8)12-6-11(13(16)17)21-14(22-12)20-10-3-4-15(18,19)7-10/h5-6,10,13H,3-4,7H2,1-2H3,(H,20,21,22). The van der Waals surface area contributed by atoms with Crippen molar-refractivity contribution in [2.24, 2.45) is 0 Å². The summed E-state index contributed by atoms with van der Waals surface area (Å²) in [7, 11) is 0. The minimum Gasteiger partial charge on any atom is -0.351 e. The summed E-state index contributed by atoms with van der Waals surface area (Å²) in [6.45, 7) is 3.55. The molecule has 1 atom stereocenters. The molecule has 1 aliphatic rings. The van der Waals surface area contributed by atoms with Crippen LogP contribution in [0.1, 0.15) is 42.8 Å². The van der Waals surface area contributed by atoms with Crippen LogP contribution in [0.2, 0.25) is 0 Å². The maximum absolute atomic E-state index is 13.3. The molecule has 0 amide bonds. The first-order chi connectivity index (χ1) is 11.2. The first-order valence-electron chi connectivity index (χ1n) is 7.59. The SMILES string of the molecule is Cc1cc(C)n(-c2cc(C(F)F)nc(NC3CCC(F)(F)C3)n2)n1. The van der Waals surface area contributed by atoms with E-state index < -0.39 is 24.1 Å². The summed E-state index contributed by atoms with van der Waals surface area (Å²) >= 11 is 0. The first-order valence-corrected chi connectivity index (χ1v) is 7.59. The Morgan fingerprint density at radius 3 is 2.54 bits per heavy atom. The molecule has 0 spiro atoms. The molecule has 2 aromatic heterocycles. The van der Waals surface area contributed by atoms with Crippen LogP contribution in [-0.2, 0) is 0 Å². The highest BCUT2D eigenvalue weighted by molar-refractivity contribution is 5.37. The van der Waals surface area contributed by atoms with E-state index in [9.17, 15) is 17.6 Å². The van der Waals surface area contributed by atoms with Gasteiger partial charge in [0.2, 0.25) is 11.9 Å². The van der Waals surface area contributed by atoms with E-state index in [2.05, 4.69) is 20.4 Å². The Morgan fingerprint density at radius 2 is 2.00 bits per heavy atom. The molecule has 1 saturated carbocycles. The van der Waals surface area contributed by atoms with Gasteiger partial charge in [-0.2, -0.15) is 10.1 Å². The minimum absolute atomic E-state index is 0.0851. The Morgan fingerprint density at radius 1 is 1.25 bits per heavy atom. The van der Waals surface area contributed by atoms with Gasteiger partial charge in [0.05, 0.1) is 5.69 Å². The third-order valence-corrected chi connectivity index (χ3v) is 3.92. The molecule has 9 heteroatoms. The van der Waals surface area contributed by atoms with E-state index in [1.807, 2.05) is 0 Å². The molecule has 1 aliphatic carbocycles. The predicted molar refractivity (Wildman–Crippen MR) is 79.8 cm³/mol. The van der Waals surface area contributed by atoms with Crippen molar-refractivity contribution in [2.75, 3.05) is 5.32 Å². The molecule has 1 N–H and O–H groups in total. The first kappa shape index (κ1) is 16.7. The van der Waals surface area contributed by atoms with Crippen molar-refractivity contribution in [2.45, 2.75) is 51.5 Å². The molecule has 2 heterocycles. The smallest absolute Gasteiger partial charge is 0.280 e. The molecule has 3 rings (SSSR count). The lowest BCUT2D eigenvalue weighted by Gasteiger charge is -2.15. The Labute approximate surface area is 136 Å². The van der Waals surface area contributed by atoms with Gasteiger partial charge < -0.3 is 5.32 Å². The molecule has 0 aliphatic heterocycles. The van der Waals surface area contributed by atoms with Crippen LogP contribution in [-0.4, -0.2) is 31.7 Å². The molecule has 2 aromatic rings. The Hall–Kier alpha value is -2.19. The highest BCUT2D eigenvalue weighted by Crippen LogP contribution is 2.36. The van der Waals surface area contributed by atoms with Crippen LogP contribution in [0.3, 0.4) is 0 Å². The zero-order valence-electron chi connectivity index (χ0n) is 13.2. The summed E-state index contributed by atoms with van der Waals surface area (Å²) in [5.41, 5.74) is 0.972. The van der Waals surface area contributed by atoms with Gasteiger partial charge >= 0.3 is 0 Å². The van der Waals surface area contributed by atoms with Gasteiger partial charge in [0.25, 0.3) is 6.43 Å². The summed E-state index contributed by atoms with van der Waals surface area (Å²) < 4.78 is 54.2. The van der Waals surface area contributed by atoms with Crippen LogP contribution in [0.15, 0.2) is 12.1 Å². The van der Waals surface area contributed by atoms with Crippen molar-refractivity contribution in [1.29, 1.82) is 0 Å². The van der Waals surface area contributed by atoms with E-state index in [-0.39, 0.29) is 31.0 Å². The summed E-state index contributed by atoms with van der Waals surface area (Å²) in [6, 6.07) is 2.40. The van der Waals surface area contributed by atoms with E-state index in [1.54, 1.807) is 19.9 Å². The number of aryl methyl sites for hydroxylation is 2. The van der Waals surface area contributed by atoms with Crippen molar-refractivity contribution in [3.63, 3.8) is 0 Å². The van der Waals surface area contributed by atoms with Crippen molar-refractivity contribution in [3.05, 3.63) is 29.2 Å². The lowest BCUT2D eigenvalue weighted by molar-refractivity contribution is 0.00850. The van der Waals surface area contributed by atoms with Crippen molar-refractivity contribution >= 4 is 5.95 Å². The number of alkyl halides is 4. The maximum atomic E-state index is 13.3. The van der Waals surface area contributed by atoms with Crippen LogP contribution >= 0.6 is 0 Å². The van der Waals surface area contributed by atoms with E-state index >= 15 is 0 Å². The fraction of sp³-hybridized carbons (Fsp3) is 0.533. The van der Waals surface area contributed by atoms with Gasteiger partial charge in [0.15, 0.2) is 5.82 Å². The highest BCUT2D eigenvalue weighted by atomic mass is 19.3. The van der Waals surface area contributed by atoms with E-state index in [4.69, 9.17) is 0 Å². The fourth-order valence-electron chi connectivity index (χ4n) is 2.85. The molecule has 0 saturated heterocycles. The summed E-state index contributed by atoms with van der Waals surface area (Å²) in [6.07, 6.45) is -3.15. The Kier molecular flexibility index (Phi) is 4.18. The summed E-state index contributed by atoms with van der Waals surface area (Å²) in [5.74, 6) is -2.65. The number of hydrogen-bond donors (Lipinski definition) is 1. The van der Waals surface area contributed by atoms with Crippen molar-refractivity contribution in [3.8, 4) is 5.82 Å². The van der Waals surface area contributed by atoms with Gasteiger partial charge in [-0.05, 0) is 26.3 Å². The summed E-state index contributed by atoms with van der Waals surface area (Å²) in [5, 5.41) is 6.96. The molecular formula is C15H17F4N5. The minimum atomic E-state index is -2.80. The zero-order valence-corrected chi connectivity index (χ0v) is 13.2. The number of rotatable bonds is 4. The average Bonchev–Trinajstić information content (AvgIpc) is 3.00. The monoisotopic (exact) mass is 343 g/mol. The topological polar surface area (TPSA) is 55.6 Å². The Bertz CT molecular complexity index is 743. The number of aromatic nitrogens is 4. The van der Waals surface area contributed by atoms with Gasteiger partial charge in [-0.3, -0.25) is 0 Å². The van der Waals surface area contributed by atoms with Gasteiger partial charge in [0.1, 0.15) is 5.69 Å². The molecule has 5 nitrogen and oxygen atoms in total. The molecule has 130 valence electrons. The van der Waals surface area contributed by atoms with Crippen LogP contribution in [0, 0.1) is 13.8 Å². The second kappa shape index (κ2) is 6.03.